The molecule has 0 aliphatic carbocycles. The quantitative estimate of drug-likeness (QED) is 0.697. The van der Waals surface area contributed by atoms with Crippen LogP contribution in [0.5, 0.6) is 5.75 Å². The number of fused-ring (bicyclic) bond motifs is 1. The average Bonchev–Trinajstić information content (AvgIpc) is 2.67. The van der Waals surface area contributed by atoms with Gasteiger partial charge in [0.05, 0.1) is 15.8 Å². The van der Waals surface area contributed by atoms with Crippen LogP contribution in [0.2, 0.25) is 0 Å². The van der Waals surface area contributed by atoms with E-state index < -0.39 is 15.1 Å². The van der Waals surface area contributed by atoms with Gasteiger partial charge in [-0.05, 0) is 49.6 Å². The molecule has 0 unspecified atom stereocenters. The molecule has 7 nitrogen and oxygen atoms in total. The van der Waals surface area contributed by atoms with Crippen molar-refractivity contribution in [3.8, 4) is 5.75 Å². The number of benzene rings is 2. The van der Waals surface area contributed by atoms with Crippen LogP contribution in [-0.4, -0.2) is 38.3 Å². The third-order valence-corrected chi connectivity index (χ3v) is 7.13. The number of anilines is 2. The van der Waals surface area contributed by atoms with Gasteiger partial charge in [-0.25, -0.2) is 8.42 Å². The fraction of sp³-hybridized carbons (Fsp3) is 0.263. The number of carbonyl (C=O) groups excluding carboxylic acids is 2. The molecule has 0 bridgehead atoms. The highest BCUT2D eigenvalue weighted by molar-refractivity contribution is 7.98. The highest BCUT2D eigenvalue weighted by Gasteiger charge is 2.27. The molecule has 2 aromatic carbocycles. The molecule has 0 fully saturated rings. The summed E-state index contributed by atoms with van der Waals surface area (Å²) in [6.45, 7) is 1.38. The van der Waals surface area contributed by atoms with E-state index in [1.54, 1.807) is 17.8 Å². The number of sulfone groups is 1. The van der Waals surface area contributed by atoms with Gasteiger partial charge in [0.15, 0.2) is 16.4 Å². The van der Waals surface area contributed by atoms with Gasteiger partial charge < -0.3 is 15.4 Å². The minimum absolute atomic E-state index is 0.0294. The molecule has 148 valence electrons. The van der Waals surface area contributed by atoms with Crippen LogP contribution in [-0.2, 0) is 19.4 Å². The summed E-state index contributed by atoms with van der Waals surface area (Å²) in [5.41, 5.74) is 0.929. The summed E-state index contributed by atoms with van der Waals surface area (Å²) in [6, 6.07) is 11.6. The normalized spacial score (nSPS) is 14.4. The molecule has 0 radical (unpaired) electrons. The second-order valence-electron chi connectivity index (χ2n) is 6.33. The van der Waals surface area contributed by atoms with Crippen LogP contribution in [0.1, 0.15) is 13.3 Å². The number of rotatable bonds is 6. The molecule has 1 aliphatic rings. The topological polar surface area (TPSA) is 102 Å². The van der Waals surface area contributed by atoms with Crippen LogP contribution < -0.4 is 15.4 Å². The molecule has 1 heterocycles. The first-order valence-corrected chi connectivity index (χ1v) is 11.3. The number of carbonyl (C=O) groups is 2. The van der Waals surface area contributed by atoms with E-state index in [0.29, 0.717) is 17.1 Å². The smallest absolute Gasteiger partial charge is 0.262 e. The summed E-state index contributed by atoms with van der Waals surface area (Å²) in [6.07, 6.45) is 1.74. The summed E-state index contributed by atoms with van der Waals surface area (Å²) in [5.74, 6) is -0.316. The van der Waals surface area contributed by atoms with Gasteiger partial charge in [-0.2, -0.15) is 0 Å². The molecular weight excluding hydrogens is 400 g/mol. The molecular formula is C19H20N2O5S2. The Labute approximate surface area is 167 Å². The van der Waals surface area contributed by atoms with Crippen LogP contribution in [0, 0.1) is 0 Å². The molecule has 28 heavy (non-hydrogen) atoms. The fourth-order valence-corrected chi connectivity index (χ4v) is 4.59. The molecule has 0 saturated heterocycles. The predicted octanol–water partition coefficient (Wildman–Crippen LogP) is 2.93. The van der Waals surface area contributed by atoms with Gasteiger partial charge in [-0.15, -0.1) is 11.8 Å². The number of hydrogen-bond acceptors (Lipinski definition) is 6. The van der Waals surface area contributed by atoms with Gasteiger partial charge in [0, 0.05) is 17.0 Å². The molecule has 2 aromatic rings. The van der Waals surface area contributed by atoms with E-state index in [2.05, 4.69) is 10.6 Å². The zero-order valence-electron chi connectivity index (χ0n) is 15.4. The van der Waals surface area contributed by atoms with Crippen molar-refractivity contribution in [2.24, 2.45) is 0 Å². The molecule has 0 aromatic heterocycles. The minimum atomic E-state index is -3.76. The van der Waals surface area contributed by atoms with E-state index >= 15 is 0 Å². The van der Waals surface area contributed by atoms with Gasteiger partial charge in [0.25, 0.3) is 5.91 Å². The van der Waals surface area contributed by atoms with E-state index in [1.165, 1.54) is 25.1 Å². The van der Waals surface area contributed by atoms with Crippen molar-refractivity contribution >= 4 is 44.8 Å². The maximum Gasteiger partial charge on any atom is 0.262 e. The fourth-order valence-electron chi connectivity index (χ4n) is 2.76. The van der Waals surface area contributed by atoms with Crippen molar-refractivity contribution in [2.75, 3.05) is 23.5 Å². The molecule has 3 rings (SSSR count). The Kier molecular flexibility index (Phi) is 5.95. The monoisotopic (exact) mass is 420 g/mol. The number of hydrogen-bond donors (Lipinski definition) is 2. The van der Waals surface area contributed by atoms with Crippen LogP contribution in [0.4, 0.5) is 11.4 Å². The average molecular weight is 421 g/mol. The molecule has 1 aliphatic heterocycles. The summed E-state index contributed by atoms with van der Waals surface area (Å²) >= 11 is 1.55. The minimum Gasteiger partial charge on any atom is -0.482 e. The van der Waals surface area contributed by atoms with Gasteiger partial charge >= 0.3 is 0 Å². The van der Waals surface area contributed by atoms with E-state index in [1.807, 2.05) is 24.5 Å². The van der Waals surface area contributed by atoms with E-state index in [0.717, 1.165) is 4.90 Å². The van der Waals surface area contributed by atoms with Crippen LogP contribution in [0.3, 0.4) is 0 Å². The van der Waals surface area contributed by atoms with Crippen molar-refractivity contribution in [3.05, 3.63) is 42.5 Å². The van der Waals surface area contributed by atoms with Crippen LogP contribution >= 0.6 is 11.8 Å². The van der Waals surface area contributed by atoms with Gasteiger partial charge in [0.1, 0.15) is 5.75 Å². The molecule has 0 saturated carbocycles. The third kappa shape index (κ3) is 4.48. The first kappa shape index (κ1) is 20.2. The highest BCUT2D eigenvalue weighted by Crippen LogP contribution is 2.31. The van der Waals surface area contributed by atoms with E-state index in [4.69, 9.17) is 4.74 Å². The van der Waals surface area contributed by atoms with Crippen molar-refractivity contribution in [1.82, 2.24) is 0 Å². The lowest BCUT2D eigenvalue weighted by atomic mass is 10.2. The lowest BCUT2D eigenvalue weighted by Gasteiger charge is -2.19. The van der Waals surface area contributed by atoms with E-state index in [-0.39, 0.29) is 29.7 Å². The Morgan fingerprint density at radius 3 is 2.82 bits per heavy atom. The SMILES string of the molecule is CSc1cccc(NC(=O)C[C@H](C)S(=O)(=O)c2ccc3c(c2)NC(=O)CO3)c1. The number of amides is 2. The first-order chi connectivity index (χ1) is 13.3. The molecule has 2 N–H and O–H groups in total. The largest absolute Gasteiger partial charge is 0.482 e. The summed E-state index contributed by atoms with van der Waals surface area (Å²) in [7, 11) is -3.76. The van der Waals surface area contributed by atoms with Gasteiger partial charge in [0.2, 0.25) is 5.91 Å². The van der Waals surface area contributed by atoms with Gasteiger partial charge in [-0.1, -0.05) is 6.07 Å². The Balaban J connectivity index is 1.72. The van der Waals surface area contributed by atoms with Crippen LogP contribution in [0.15, 0.2) is 52.3 Å². The Bertz CT molecular complexity index is 1020. The standard InChI is InChI=1S/C19H20N2O5S2/c1-12(8-18(22)20-13-4-3-5-14(9-13)27-2)28(24,25)15-6-7-17-16(10-15)21-19(23)11-26-17/h3-7,9-10,12H,8,11H2,1-2H3,(H,20,22)(H,21,23)/t12-/m0/s1. The van der Waals surface area contributed by atoms with Crippen molar-refractivity contribution in [3.63, 3.8) is 0 Å². The Morgan fingerprint density at radius 2 is 2.07 bits per heavy atom. The Morgan fingerprint density at radius 1 is 1.29 bits per heavy atom. The number of ether oxygens (including phenoxy) is 1. The maximum atomic E-state index is 12.9. The number of thioether (sulfide) groups is 1. The van der Waals surface area contributed by atoms with Crippen LogP contribution in [0.25, 0.3) is 0 Å². The van der Waals surface area contributed by atoms with Crippen molar-refractivity contribution < 1.29 is 22.7 Å². The lowest BCUT2D eigenvalue weighted by Crippen LogP contribution is -2.27. The zero-order valence-corrected chi connectivity index (χ0v) is 17.0. The zero-order chi connectivity index (χ0) is 20.3. The molecule has 9 heteroatoms. The van der Waals surface area contributed by atoms with Gasteiger partial charge in [-0.3, -0.25) is 9.59 Å². The molecule has 1 atom stereocenters. The highest BCUT2D eigenvalue weighted by atomic mass is 32.2. The summed E-state index contributed by atoms with van der Waals surface area (Å²) < 4.78 is 30.9. The van der Waals surface area contributed by atoms with E-state index in [9.17, 15) is 18.0 Å². The Hall–Kier alpha value is -2.52. The maximum absolute atomic E-state index is 12.9. The summed E-state index contributed by atoms with van der Waals surface area (Å²) in [5, 5.41) is 4.38. The second-order valence-corrected chi connectivity index (χ2v) is 9.58. The van der Waals surface area contributed by atoms with Crippen molar-refractivity contribution in [2.45, 2.75) is 28.4 Å². The summed E-state index contributed by atoms with van der Waals surface area (Å²) in [4.78, 5) is 24.8. The molecule has 2 amide bonds. The predicted molar refractivity (Wildman–Crippen MR) is 109 cm³/mol. The molecule has 0 spiro atoms. The van der Waals surface area contributed by atoms with Crippen molar-refractivity contribution in [1.29, 1.82) is 0 Å². The second kappa shape index (κ2) is 8.24. The first-order valence-electron chi connectivity index (χ1n) is 8.54. The lowest BCUT2D eigenvalue weighted by molar-refractivity contribution is -0.118. The number of nitrogens with one attached hydrogen (secondary N) is 2. The third-order valence-electron chi connectivity index (χ3n) is 4.27.